The molecule has 2 rings (SSSR count). The van der Waals surface area contributed by atoms with Gasteiger partial charge in [-0.15, -0.1) is 11.3 Å². The normalized spacial score (nSPS) is 13.4. The minimum atomic E-state index is -1.09. The Labute approximate surface area is 82.3 Å². The number of fused-ring (bicyclic) bond motifs is 1. The fourth-order valence-electron chi connectivity index (χ4n) is 1.11. The van der Waals surface area contributed by atoms with Crippen molar-refractivity contribution in [2.45, 2.75) is 12.1 Å². The van der Waals surface area contributed by atoms with Crippen molar-refractivity contribution in [3.8, 4) is 0 Å². The van der Waals surface area contributed by atoms with Crippen molar-refractivity contribution in [3.63, 3.8) is 0 Å². The second kappa shape index (κ2) is 3.16. The Morgan fingerprint density at radius 2 is 2.23 bits per heavy atom. The molecule has 13 heavy (non-hydrogen) atoms. The maximum atomic E-state index is 11.2. The molecule has 68 valence electrons. The van der Waals surface area contributed by atoms with E-state index in [4.69, 9.17) is 0 Å². The summed E-state index contributed by atoms with van der Waals surface area (Å²) in [5.74, 6) is 0. The van der Waals surface area contributed by atoms with Crippen molar-refractivity contribution >= 4 is 32.4 Å². The molecule has 0 bridgehead atoms. The van der Waals surface area contributed by atoms with Crippen LogP contribution in [0.1, 0.15) is 5.69 Å². The first kappa shape index (κ1) is 8.77. The number of hydrogen-bond donors (Lipinski definition) is 0. The Morgan fingerprint density at radius 1 is 1.46 bits per heavy atom. The van der Waals surface area contributed by atoms with Gasteiger partial charge in [-0.1, -0.05) is 0 Å². The summed E-state index contributed by atoms with van der Waals surface area (Å²) >= 11 is 1.55. The third-order valence-corrected chi connectivity index (χ3v) is 3.26. The SMILES string of the molecule is Cc1nc(S(C)=O)nc2sccc12. The molecule has 0 aliphatic rings. The van der Waals surface area contributed by atoms with E-state index in [0.29, 0.717) is 5.16 Å². The van der Waals surface area contributed by atoms with E-state index in [1.165, 1.54) is 0 Å². The third-order valence-electron chi connectivity index (χ3n) is 1.75. The molecule has 2 aromatic heterocycles. The van der Waals surface area contributed by atoms with Crippen molar-refractivity contribution in [3.05, 3.63) is 17.1 Å². The summed E-state index contributed by atoms with van der Waals surface area (Å²) in [6, 6.07) is 1.98. The van der Waals surface area contributed by atoms with Gasteiger partial charge in [0.1, 0.15) is 4.83 Å². The quantitative estimate of drug-likeness (QED) is 0.676. The summed E-state index contributed by atoms with van der Waals surface area (Å²) in [5.41, 5.74) is 0.899. The van der Waals surface area contributed by atoms with Gasteiger partial charge in [-0.3, -0.25) is 4.21 Å². The Hall–Kier alpha value is -0.810. The summed E-state index contributed by atoms with van der Waals surface area (Å²) in [6.45, 7) is 1.91. The fourth-order valence-corrected chi connectivity index (χ4v) is 2.47. The molecule has 1 unspecified atom stereocenters. The van der Waals surface area contributed by atoms with Crippen molar-refractivity contribution < 1.29 is 4.21 Å². The molecule has 0 aliphatic carbocycles. The van der Waals surface area contributed by atoms with Crippen LogP contribution in [0.2, 0.25) is 0 Å². The molecule has 0 amide bonds. The van der Waals surface area contributed by atoms with Crippen LogP contribution in [-0.2, 0) is 10.8 Å². The van der Waals surface area contributed by atoms with E-state index in [0.717, 1.165) is 15.9 Å². The molecule has 0 saturated carbocycles. The van der Waals surface area contributed by atoms with Gasteiger partial charge in [0.05, 0.1) is 16.5 Å². The molecule has 0 fully saturated rings. The number of thiophene rings is 1. The first-order valence-corrected chi connectivity index (χ1v) is 6.17. The standard InChI is InChI=1S/C8H8N2OS2/c1-5-6-3-4-12-7(6)10-8(9-5)13(2)11/h3-4H,1-2H3. The highest BCUT2D eigenvalue weighted by Crippen LogP contribution is 2.21. The van der Waals surface area contributed by atoms with E-state index in [9.17, 15) is 4.21 Å². The smallest absolute Gasteiger partial charge is 0.219 e. The highest BCUT2D eigenvalue weighted by atomic mass is 32.2. The molecule has 1 atom stereocenters. The lowest BCUT2D eigenvalue weighted by molar-refractivity contribution is 0.680. The van der Waals surface area contributed by atoms with Crippen molar-refractivity contribution in [1.82, 2.24) is 9.97 Å². The first-order valence-electron chi connectivity index (χ1n) is 3.74. The predicted molar refractivity (Wildman–Crippen MR) is 54.5 cm³/mol. The zero-order valence-corrected chi connectivity index (χ0v) is 8.91. The fraction of sp³-hybridized carbons (Fsp3) is 0.250. The minimum absolute atomic E-state index is 0.424. The van der Waals surface area contributed by atoms with E-state index in [1.54, 1.807) is 17.6 Å². The van der Waals surface area contributed by atoms with Crippen LogP contribution in [0.3, 0.4) is 0 Å². The molecule has 0 radical (unpaired) electrons. The van der Waals surface area contributed by atoms with E-state index in [2.05, 4.69) is 9.97 Å². The lowest BCUT2D eigenvalue weighted by Crippen LogP contribution is -1.98. The number of aromatic nitrogens is 2. The molecule has 0 N–H and O–H groups in total. The monoisotopic (exact) mass is 212 g/mol. The molecule has 2 aromatic rings. The molecular weight excluding hydrogens is 204 g/mol. The number of rotatable bonds is 1. The van der Waals surface area contributed by atoms with Crippen LogP contribution in [0.4, 0.5) is 0 Å². The summed E-state index contributed by atoms with van der Waals surface area (Å²) in [4.78, 5) is 9.29. The summed E-state index contributed by atoms with van der Waals surface area (Å²) in [6.07, 6.45) is 1.59. The van der Waals surface area contributed by atoms with Gasteiger partial charge in [0.25, 0.3) is 0 Å². The van der Waals surface area contributed by atoms with Gasteiger partial charge >= 0.3 is 0 Å². The Bertz CT molecular complexity index is 478. The van der Waals surface area contributed by atoms with E-state index < -0.39 is 10.8 Å². The maximum absolute atomic E-state index is 11.2. The van der Waals surface area contributed by atoms with Gasteiger partial charge in [0.15, 0.2) is 0 Å². The van der Waals surface area contributed by atoms with Gasteiger partial charge in [0.2, 0.25) is 5.16 Å². The van der Waals surface area contributed by atoms with Crippen LogP contribution < -0.4 is 0 Å². The van der Waals surface area contributed by atoms with E-state index in [-0.39, 0.29) is 0 Å². The molecule has 2 heterocycles. The first-order chi connectivity index (χ1) is 6.18. The molecule has 0 aliphatic heterocycles. The van der Waals surface area contributed by atoms with Crippen LogP contribution in [0.5, 0.6) is 0 Å². The van der Waals surface area contributed by atoms with Crippen molar-refractivity contribution in [2.75, 3.05) is 6.26 Å². The van der Waals surface area contributed by atoms with Crippen LogP contribution in [0.15, 0.2) is 16.6 Å². The molecule has 5 heteroatoms. The van der Waals surface area contributed by atoms with Crippen LogP contribution >= 0.6 is 11.3 Å². The Morgan fingerprint density at radius 3 is 2.92 bits per heavy atom. The van der Waals surface area contributed by atoms with Crippen molar-refractivity contribution in [1.29, 1.82) is 0 Å². The minimum Gasteiger partial charge on any atom is -0.251 e. The van der Waals surface area contributed by atoms with Crippen LogP contribution in [-0.4, -0.2) is 20.4 Å². The summed E-state index contributed by atoms with van der Waals surface area (Å²) in [7, 11) is -1.09. The molecule has 0 aromatic carbocycles. The van der Waals surface area contributed by atoms with Gasteiger partial charge < -0.3 is 0 Å². The average Bonchev–Trinajstić information content (AvgIpc) is 2.51. The lowest BCUT2D eigenvalue weighted by atomic mass is 10.3. The van der Waals surface area contributed by atoms with Gasteiger partial charge in [0, 0.05) is 11.6 Å². The topological polar surface area (TPSA) is 42.9 Å². The largest absolute Gasteiger partial charge is 0.251 e. The summed E-state index contributed by atoms with van der Waals surface area (Å²) in [5, 5.41) is 3.45. The zero-order chi connectivity index (χ0) is 9.42. The van der Waals surface area contributed by atoms with Gasteiger partial charge in [-0.25, -0.2) is 9.97 Å². The molecule has 0 saturated heterocycles. The van der Waals surface area contributed by atoms with Crippen LogP contribution in [0.25, 0.3) is 10.2 Å². The highest BCUT2D eigenvalue weighted by Gasteiger charge is 2.07. The predicted octanol–water partition coefficient (Wildman–Crippen LogP) is 1.74. The second-order valence-electron chi connectivity index (χ2n) is 2.69. The van der Waals surface area contributed by atoms with Crippen LogP contribution in [0, 0.1) is 6.92 Å². The lowest BCUT2D eigenvalue weighted by Gasteiger charge is -1.98. The number of aryl methyl sites for hydroxylation is 1. The number of hydrogen-bond acceptors (Lipinski definition) is 4. The highest BCUT2D eigenvalue weighted by molar-refractivity contribution is 7.84. The molecule has 3 nitrogen and oxygen atoms in total. The second-order valence-corrected chi connectivity index (χ2v) is 4.85. The summed E-state index contributed by atoms with van der Waals surface area (Å²) < 4.78 is 11.2. The molecule has 0 spiro atoms. The third kappa shape index (κ3) is 1.49. The van der Waals surface area contributed by atoms with Crippen molar-refractivity contribution in [2.24, 2.45) is 0 Å². The number of nitrogens with zero attached hydrogens (tertiary/aromatic N) is 2. The van der Waals surface area contributed by atoms with E-state index in [1.807, 2.05) is 18.4 Å². The van der Waals surface area contributed by atoms with Gasteiger partial charge in [-0.05, 0) is 18.4 Å². The van der Waals surface area contributed by atoms with E-state index >= 15 is 0 Å². The zero-order valence-electron chi connectivity index (χ0n) is 7.27. The molecular formula is C8H8N2OS2. The van der Waals surface area contributed by atoms with Gasteiger partial charge in [-0.2, -0.15) is 0 Å². The Balaban J connectivity index is 2.77. The maximum Gasteiger partial charge on any atom is 0.219 e. The average molecular weight is 212 g/mol. The Kier molecular flexibility index (Phi) is 2.13.